The Balaban J connectivity index is 1.56. The summed E-state index contributed by atoms with van der Waals surface area (Å²) in [5.41, 5.74) is 5.91. The number of amidine groups is 1. The van der Waals surface area contributed by atoms with Gasteiger partial charge in [0.25, 0.3) is 5.92 Å². The average Bonchev–Trinajstić information content (AvgIpc) is 3.30. The van der Waals surface area contributed by atoms with E-state index in [9.17, 15) is 13.2 Å². The molecule has 3 atom stereocenters. The van der Waals surface area contributed by atoms with Gasteiger partial charge < -0.3 is 11.1 Å². The molecule has 1 fully saturated rings. The van der Waals surface area contributed by atoms with E-state index in [0.717, 1.165) is 11.8 Å². The van der Waals surface area contributed by atoms with E-state index >= 15 is 0 Å². The number of alkyl halides is 2. The summed E-state index contributed by atoms with van der Waals surface area (Å²) in [6.45, 7) is 1.48. The van der Waals surface area contributed by atoms with Gasteiger partial charge in [0, 0.05) is 17.4 Å². The molecule has 7 nitrogen and oxygen atoms in total. The molecule has 5 rings (SSSR count). The largest absolute Gasteiger partial charge is 0.379 e. The van der Waals surface area contributed by atoms with Crippen LogP contribution in [0, 0.1) is 23.1 Å². The number of aliphatic imine (C=N–C) groups is 1. The van der Waals surface area contributed by atoms with Gasteiger partial charge in [0.05, 0.1) is 27.8 Å². The Morgan fingerprint density at radius 2 is 2.03 bits per heavy atom. The maximum Gasteiger partial charge on any atom is 0.267 e. The van der Waals surface area contributed by atoms with Crippen molar-refractivity contribution in [3.05, 3.63) is 53.7 Å². The summed E-state index contributed by atoms with van der Waals surface area (Å²) in [5, 5.41) is 11.1. The molecule has 31 heavy (non-hydrogen) atoms. The zero-order chi connectivity index (χ0) is 22.0. The van der Waals surface area contributed by atoms with Crippen molar-refractivity contribution in [2.75, 3.05) is 5.32 Å². The number of hydrogen-bond acceptors (Lipinski definition) is 8. The van der Waals surface area contributed by atoms with Crippen molar-refractivity contribution < 1.29 is 13.2 Å². The highest BCUT2D eigenvalue weighted by molar-refractivity contribution is 8.14. The standard InChI is InChI=1S/C20H14F3N7S/c1-19(15-16(20(15,22)23)31-18(25)30-19)11-5-10(2-3-12(11)21)29-17-14-13(27-8-28-17)4-9(6-24)7-26-14/h2-5,7-8,15-16H,1H3,(H2,25,30)(H,27,28,29)/t15-,16-,19-/m1/s1. The second-order valence-corrected chi connectivity index (χ2v) is 8.70. The van der Waals surface area contributed by atoms with Crippen LogP contribution in [0.25, 0.3) is 11.0 Å². The van der Waals surface area contributed by atoms with Crippen LogP contribution in [-0.4, -0.2) is 31.3 Å². The molecule has 2 aromatic heterocycles. The third-order valence-corrected chi connectivity index (χ3v) is 6.74. The van der Waals surface area contributed by atoms with Crippen molar-refractivity contribution in [2.24, 2.45) is 16.6 Å². The molecule has 11 heteroatoms. The lowest BCUT2D eigenvalue weighted by Gasteiger charge is -2.29. The van der Waals surface area contributed by atoms with E-state index in [4.69, 9.17) is 11.0 Å². The third-order valence-electron chi connectivity index (χ3n) is 5.56. The van der Waals surface area contributed by atoms with Crippen molar-refractivity contribution in [1.29, 1.82) is 5.26 Å². The first-order chi connectivity index (χ1) is 14.7. The molecule has 1 aliphatic heterocycles. The number of rotatable bonds is 3. The summed E-state index contributed by atoms with van der Waals surface area (Å²) in [6.07, 6.45) is 2.69. The summed E-state index contributed by atoms with van der Waals surface area (Å²) in [5.74, 6) is -4.45. The normalized spacial score (nSPS) is 26.0. The lowest BCUT2D eigenvalue weighted by atomic mass is 9.86. The number of pyridine rings is 1. The van der Waals surface area contributed by atoms with E-state index in [0.29, 0.717) is 28.1 Å². The zero-order valence-corrected chi connectivity index (χ0v) is 16.8. The molecule has 3 aromatic rings. The van der Waals surface area contributed by atoms with Gasteiger partial charge >= 0.3 is 0 Å². The van der Waals surface area contributed by atoms with E-state index in [-0.39, 0.29) is 10.7 Å². The van der Waals surface area contributed by atoms with Crippen molar-refractivity contribution >= 4 is 39.5 Å². The minimum absolute atomic E-state index is 0.0120. The summed E-state index contributed by atoms with van der Waals surface area (Å²) in [6, 6.07) is 7.65. The Morgan fingerprint density at radius 1 is 1.23 bits per heavy atom. The summed E-state index contributed by atoms with van der Waals surface area (Å²) in [7, 11) is 0. The summed E-state index contributed by atoms with van der Waals surface area (Å²) >= 11 is 0.828. The first kappa shape index (κ1) is 19.6. The molecule has 0 bridgehead atoms. The van der Waals surface area contributed by atoms with E-state index in [1.807, 2.05) is 6.07 Å². The fourth-order valence-electron chi connectivity index (χ4n) is 4.02. The molecule has 0 spiro atoms. The maximum absolute atomic E-state index is 14.8. The smallest absolute Gasteiger partial charge is 0.267 e. The highest BCUT2D eigenvalue weighted by Crippen LogP contribution is 2.66. The lowest BCUT2D eigenvalue weighted by molar-refractivity contribution is 0.0820. The number of nitrogens with two attached hydrogens (primary N) is 1. The number of thioether (sulfide) groups is 1. The number of halogens is 3. The van der Waals surface area contributed by atoms with E-state index in [1.165, 1.54) is 37.6 Å². The fourth-order valence-corrected chi connectivity index (χ4v) is 5.33. The number of fused-ring (bicyclic) bond motifs is 2. The third kappa shape index (κ3) is 2.97. The fraction of sp³-hybridized carbons (Fsp3) is 0.250. The van der Waals surface area contributed by atoms with Gasteiger partial charge in [-0.25, -0.2) is 28.1 Å². The molecular weight excluding hydrogens is 427 g/mol. The minimum atomic E-state index is -2.98. The van der Waals surface area contributed by atoms with Crippen LogP contribution in [0.5, 0.6) is 0 Å². The average molecular weight is 441 g/mol. The zero-order valence-electron chi connectivity index (χ0n) is 16.0. The minimum Gasteiger partial charge on any atom is -0.379 e. The molecule has 1 saturated carbocycles. The van der Waals surface area contributed by atoms with Gasteiger partial charge in [-0.2, -0.15) is 5.26 Å². The molecular formula is C20H14F3N7S. The van der Waals surface area contributed by atoms with Crippen molar-refractivity contribution in [3.63, 3.8) is 0 Å². The lowest BCUT2D eigenvalue weighted by Crippen LogP contribution is -2.32. The van der Waals surface area contributed by atoms with Gasteiger partial charge in [-0.15, -0.1) is 0 Å². The Morgan fingerprint density at radius 3 is 2.81 bits per heavy atom. The maximum atomic E-state index is 14.8. The number of anilines is 2. The van der Waals surface area contributed by atoms with Gasteiger partial charge in [0.1, 0.15) is 23.7 Å². The molecule has 1 aliphatic carbocycles. The highest BCUT2D eigenvalue weighted by Gasteiger charge is 2.77. The second kappa shape index (κ2) is 6.55. The van der Waals surface area contributed by atoms with Gasteiger partial charge in [0.2, 0.25) is 0 Å². The van der Waals surface area contributed by atoms with Crippen LogP contribution in [0.15, 0.2) is 41.8 Å². The topological polar surface area (TPSA) is 113 Å². The van der Waals surface area contributed by atoms with Crippen LogP contribution in [0.3, 0.4) is 0 Å². The van der Waals surface area contributed by atoms with Crippen molar-refractivity contribution in [3.8, 4) is 6.07 Å². The van der Waals surface area contributed by atoms with Crippen LogP contribution in [-0.2, 0) is 5.54 Å². The second-order valence-electron chi connectivity index (χ2n) is 7.53. The monoisotopic (exact) mass is 441 g/mol. The van der Waals surface area contributed by atoms with E-state index in [2.05, 4.69) is 25.3 Å². The molecule has 156 valence electrons. The van der Waals surface area contributed by atoms with Gasteiger partial charge in [0.15, 0.2) is 11.0 Å². The Kier molecular flexibility index (Phi) is 4.14. The number of nitrogens with one attached hydrogen (secondary N) is 1. The van der Waals surface area contributed by atoms with E-state index in [1.54, 1.807) is 6.07 Å². The van der Waals surface area contributed by atoms with Crippen LogP contribution >= 0.6 is 11.8 Å². The van der Waals surface area contributed by atoms with Gasteiger partial charge in [-0.05, 0) is 31.2 Å². The number of aromatic nitrogens is 3. The van der Waals surface area contributed by atoms with Crippen molar-refractivity contribution in [2.45, 2.75) is 23.6 Å². The summed E-state index contributed by atoms with van der Waals surface area (Å²) in [4.78, 5) is 16.7. The number of benzene rings is 1. The molecule has 3 heterocycles. The van der Waals surface area contributed by atoms with Crippen LogP contribution in [0.2, 0.25) is 0 Å². The first-order valence-electron chi connectivity index (χ1n) is 9.22. The molecule has 3 N–H and O–H groups in total. The van der Waals surface area contributed by atoms with Crippen LogP contribution in [0.1, 0.15) is 18.1 Å². The Labute approximate surface area is 178 Å². The molecule has 0 saturated heterocycles. The quantitative estimate of drug-likeness (QED) is 0.637. The number of nitriles is 1. The van der Waals surface area contributed by atoms with Crippen LogP contribution < -0.4 is 11.1 Å². The molecule has 0 radical (unpaired) electrons. The summed E-state index contributed by atoms with van der Waals surface area (Å²) < 4.78 is 43.5. The Bertz CT molecular complexity index is 1310. The van der Waals surface area contributed by atoms with E-state index < -0.39 is 28.4 Å². The Hall–Kier alpha value is -3.39. The number of nitrogens with zero attached hydrogens (tertiary/aromatic N) is 5. The molecule has 1 aromatic carbocycles. The van der Waals surface area contributed by atoms with Crippen LogP contribution in [0.4, 0.5) is 24.7 Å². The predicted octanol–water partition coefficient (Wildman–Crippen LogP) is 3.69. The van der Waals surface area contributed by atoms with Crippen molar-refractivity contribution in [1.82, 2.24) is 15.0 Å². The highest BCUT2D eigenvalue weighted by atomic mass is 32.2. The van der Waals surface area contributed by atoms with Gasteiger partial charge in [-0.3, -0.25) is 4.99 Å². The molecule has 2 aliphatic rings. The first-order valence-corrected chi connectivity index (χ1v) is 10.1. The molecule has 0 amide bonds. The SMILES string of the molecule is C[C@]1(c2cc(Nc3ncnc4cc(C#N)cnc34)ccc2F)N=C(N)S[C@@H]2[C@H]1C2(F)F. The van der Waals surface area contributed by atoms with Gasteiger partial charge in [-0.1, -0.05) is 11.8 Å². The number of hydrogen-bond donors (Lipinski definition) is 2. The molecule has 0 unspecified atom stereocenters. The predicted molar refractivity (Wildman–Crippen MR) is 111 cm³/mol.